The highest BCUT2D eigenvalue weighted by atomic mass is 16.5. The van der Waals surface area contributed by atoms with Crippen molar-refractivity contribution in [2.75, 3.05) is 20.8 Å². The van der Waals surface area contributed by atoms with Crippen molar-refractivity contribution in [1.82, 2.24) is 10.3 Å². The van der Waals surface area contributed by atoms with E-state index in [4.69, 9.17) is 9.47 Å². The smallest absolute Gasteiger partial charge is 0.142 e. The van der Waals surface area contributed by atoms with Gasteiger partial charge in [-0.05, 0) is 45.4 Å². The maximum atomic E-state index is 6.01. The third kappa shape index (κ3) is 2.49. The van der Waals surface area contributed by atoms with Gasteiger partial charge in [0, 0.05) is 12.8 Å². The molecular formula is C14H22N2O2. The van der Waals surface area contributed by atoms with E-state index in [0.29, 0.717) is 0 Å². The van der Waals surface area contributed by atoms with E-state index in [0.717, 1.165) is 30.9 Å². The van der Waals surface area contributed by atoms with Crippen LogP contribution in [0.15, 0.2) is 18.3 Å². The number of hydrogen-bond acceptors (Lipinski definition) is 4. The van der Waals surface area contributed by atoms with Gasteiger partial charge in [0.15, 0.2) is 0 Å². The van der Waals surface area contributed by atoms with Crippen LogP contribution in [-0.2, 0) is 4.74 Å². The van der Waals surface area contributed by atoms with Crippen molar-refractivity contribution < 1.29 is 9.47 Å². The fourth-order valence-corrected chi connectivity index (χ4v) is 2.71. The molecule has 0 radical (unpaired) electrons. The zero-order valence-electron chi connectivity index (χ0n) is 11.4. The molecule has 2 atom stereocenters. The lowest BCUT2D eigenvalue weighted by molar-refractivity contribution is -0.0896. The van der Waals surface area contributed by atoms with Crippen molar-refractivity contribution in [3.8, 4) is 5.75 Å². The lowest BCUT2D eigenvalue weighted by Gasteiger charge is -2.40. The molecule has 4 nitrogen and oxygen atoms in total. The van der Waals surface area contributed by atoms with E-state index in [-0.39, 0.29) is 11.6 Å². The van der Waals surface area contributed by atoms with Crippen LogP contribution in [0.5, 0.6) is 5.75 Å². The monoisotopic (exact) mass is 250 g/mol. The number of pyridine rings is 1. The van der Waals surface area contributed by atoms with E-state index in [1.54, 1.807) is 13.3 Å². The molecule has 0 saturated carbocycles. The van der Waals surface area contributed by atoms with Crippen molar-refractivity contribution in [2.24, 2.45) is 0 Å². The Labute approximate surface area is 109 Å². The number of nitrogens with one attached hydrogen (secondary N) is 1. The maximum Gasteiger partial charge on any atom is 0.142 e. The summed E-state index contributed by atoms with van der Waals surface area (Å²) in [6.45, 7) is 2.98. The molecule has 0 aromatic carbocycles. The molecule has 2 rings (SSSR count). The van der Waals surface area contributed by atoms with Crippen LogP contribution in [0.1, 0.15) is 37.9 Å². The summed E-state index contributed by atoms with van der Waals surface area (Å²) in [7, 11) is 3.62. The molecule has 0 bridgehead atoms. The van der Waals surface area contributed by atoms with Gasteiger partial charge in [0.1, 0.15) is 11.4 Å². The number of likely N-dealkylation sites (N-methyl/N-ethyl adjacent to an activating group) is 1. The number of hydrogen-bond donors (Lipinski definition) is 1. The molecule has 0 aliphatic carbocycles. The van der Waals surface area contributed by atoms with Crippen molar-refractivity contribution in [3.63, 3.8) is 0 Å². The first-order valence-corrected chi connectivity index (χ1v) is 6.51. The van der Waals surface area contributed by atoms with Crippen LogP contribution in [-0.4, -0.2) is 31.3 Å². The summed E-state index contributed by atoms with van der Waals surface area (Å²) in [5, 5.41) is 3.34. The standard InChI is InChI=1S/C14H22N2O2/c1-14(8-4-5-10-18-14)13(15-2)12-11(17-3)7-6-9-16-12/h6-7,9,13,15H,4-5,8,10H2,1-3H3. The van der Waals surface area contributed by atoms with Gasteiger partial charge in [0.05, 0.1) is 18.8 Å². The van der Waals surface area contributed by atoms with Gasteiger partial charge >= 0.3 is 0 Å². The molecular weight excluding hydrogens is 228 g/mol. The van der Waals surface area contributed by atoms with Crippen LogP contribution < -0.4 is 10.1 Å². The Morgan fingerprint density at radius 2 is 2.33 bits per heavy atom. The number of methoxy groups -OCH3 is 1. The molecule has 18 heavy (non-hydrogen) atoms. The van der Waals surface area contributed by atoms with Crippen LogP contribution in [0.4, 0.5) is 0 Å². The Bertz CT molecular complexity index is 389. The molecule has 2 heterocycles. The minimum absolute atomic E-state index is 0.0500. The number of rotatable bonds is 4. The Morgan fingerprint density at radius 3 is 2.94 bits per heavy atom. The summed E-state index contributed by atoms with van der Waals surface area (Å²) in [5.74, 6) is 0.812. The molecule has 1 N–H and O–H groups in total. The maximum absolute atomic E-state index is 6.01. The highest BCUT2D eigenvalue weighted by molar-refractivity contribution is 5.31. The predicted octanol–water partition coefficient (Wildman–Crippen LogP) is 2.31. The minimum atomic E-state index is -0.214. The zero-order chi connectivity index (χ0) is 13.0. The third-order valence-corrected chi connectivity index (χ3v) is 3.69. The van der Waals surface area contributed by atoms with Crippen LogP contribution >= 0.6 is 0 Å². The molecule has 1 saturated heterocycles. The molecule has 1 aliphatic rings. The minimum Gasteiger partial charge on any atom is -0.495 e. The SMILES string of the molecule is CNC(c1ncccc1OC)C1(C)CCCCO1. The molecule has 0 spiro atoms. The van der Waals surface area contributed by atoms with Gasteiger partial charge in [-0.2, -0.15) is 0 Å². The van der Waals surface area contributed by atoms with E-state index in [9.17, 15) is 0 Å². The van der Waals surface area contributed by atoms with Gasteiger partial charge in [0.2, 0.25) is 0 Å². The predicted molar refractivity (Wildman–Crippen MR) is 70.8 cm³/mol. The lowest BCUT2D eigenvalue weighted by Crippen LogP contribution is -2.45. The highest BCUT2D eigenvalue weighted by Gasteiger charge is 2.39. The van der Waals surface area contributed by atoms with Crippen LogP contribution in [0.3, 0.4) is 0 Å². The highest BCUT2D eigenvalue weighted by Crippen LogP contribution is 2.38. The summed E-state index contributed by atoms with van der Waals surface area (Å²) in [4.78, 5) is 4.47. The van der Waals surface area contributed by atoms with E-state index in [1.807, 2.05) is 19.2 Å². The van der Waals surface area contributed by atoms with Gasteiger partial charge < -0.3 is 14.8 Å². The number of ether oxygens (including phenoxy) is 2. The van der Waals surface area contributed by atoms with E-state index >= 15 is 0 Å². The van der Waals surface area contributed by atoms with E-state index in [1.165, 1.54) is 6.42 Å². The fourth-order valence-electron chi connectivity index (χ4n) is 2.71. The Hall–Kier alpha value is -1.13. The Balaban J connectivity index is 2.32. The van der Waals surface area contributed by atoms with Crippen molar-refractivity contribution in [3.05, 3.63) is 24.0 Å². The van der Waals surface area contributed by atoms with Gasteiger partial charge in [-0.25, -0.2) is 0 Å². The van der Waals surface area contributed by atoms with E-state index in [2.05, 4.69) is 17.2 Å². The largest absolute Gasteiger partial charge is 0.495 e. The van der Waals surface area contributed by atoms with Gasteiger partial charge in [-0.3, -0.25) is 4.98 Å². The molecule has 4 heteroatoms. The summed E-state index contributed by atoms with van der Waals surface area (Å²) in [5.41, 5.74) is 0.709. The van der Waals surface area contributed by atoms with Crippen molar-refractivity contribution in [2.45, 2.75) is 37.8 Å². The normalized spacial score (nSPS) is 25.7. The lowest BCUT2D eigenvalue weighted by atomic mass is 9.86. The average Bonchev–Trinajstić information content (AvgIpc) is 2.40. The quantitative estimate of drug-likeness (QED) is 0.890. The zero-order valence-corrected chi connectivity index (χ0v) is 11.4. The number of aromatic nitrogens is 1. The van der Waals surface area contributed by atoms with Crippen LogP contribution in [0.25, 0.3) is 0 Å². The fraction of sp³-hybridized carbons (Fsp3) is 0.643. The summed E-state index contributed by atoms with van der Waals surface area (Å²) in [6, 6.07) is 3.88. The molecule has 1 fully saturated rings. The van der Waals surface area contributed by atoms with Crippen molar-refractivity contribution >= 4 is 0 Å². The van der Waals surface area contributed by atoms with Gasteiger partial charge in [0.25, 0.3) is 0 Å². The van der Waals surface area contributed by atoms with Crippen molar-refractivity contribution in [1.29, 1.82) is 0 Å². The average molecular weight is 250 g/mol. The third-order valence-electron chi connectivity index (χ3n) is 3.69. The first-order chi connectivity index (χ1) is 8.71. The van der Waals surface area contributed by atoms with Gasteiger partial charge in [-0.1, -0.05) is 0 Å². The number of nitrogens with zero attached hydrogens (tertiary/aromatic N) is 1. The summed E-state index contributed by atoms with van der Waals surface area (Å²) in [6.07, 6.45) is 5.18. The molecule has 1 aromatic rings. The Morgan fingerprint density at radius 1 is 1.50 bits per heavy atom. The molecule has 100 valence electrons. The Kier molecular flexibility index (Phi) is 4.19. The first kappa shape index (κ1) is 13.3. The second-order valence-corrected chi connectivity index (χ2v) is 4.93. The summed E-state index contributed by atoms with van der Waals surface area (Å²) >= 11 is 0. The second-order valence-electron chi connectivity index (χ2n) is 4.93. The summed E-state index contributed by atoms with van der Waals surface area (Å²) < 4.78 is 11.4. The van der Waals surface area contributed by atoms with Crippen LogP contribution in [0.2, 0.25) is 0 Å². The van der Waals surface area contributed by atoms with Gasteiger partial charge in [-0.15, -0.1) is 0 Å². The molecule has 0 amide bonds. The second kappa shape index (κ2) is 5.67. The first-order valence-electron chi connectivity index (χ1n) is 6.51. The topological polar surface area (TPSA) is 43.4 Å². The molecule has 1 aliphatic heterocycles. The van der Waals surface area contributed by atoms with Crippen LogP contribution in [0, 0.1) is 0 Å². The molecule has 2 unspecified atom stereocenters. The van der Waals surface area contributed by atoms with E-state index < -0.39 is 0 Å². The molecule has 1 aromatic heterocycles.